The molecule has 0 aliphatic rings. The first kappa shape index (κ1) is 12.7. The molecule has 0 saturated carbocycles. The normalized spacial score (nSPS) is 12.7. The highest BCUT2D eigenvalue weighted by atomic mass is 15.5. The Labute approximate surface area is 117 Å². The van der Waals surface area contributed by atoms with Crippen molar-refractivity contribution >= 4 is 10.8 Å². The van der Waals surface area contributed by atoms with Gasteiger partial charge in [0.1, 0.15) is 0 Å². The van der Waals surface area contributed by atoms with Crippen LogP contribution in [-0.2, 0) is 6.54 Å². The van der Waals surface area contributed by atoms with Gasteiger partial charge in [-0.1, -0.05) is 42.5 Å². The SMILES string of the molecule is CNC(C)c1nnnn1Cc1cccc2ccccc12. The van der Waals surface area contributed by atoms with Crippen LogP contribution in [0.2, 0.25) is 0 Å². The summed E-state index contributed by atoms with van der Waals surface area (Å²) in [7, 11) is 1.90. The summed E-state index contributed by atoms with van der Waals surface area (Å²) in [4.78, 5) is 0. The van der Waals surface area contributed by atoms with E-state index in [1.54, 1.807) is 0 Å². The number of nitrogens with zero attached hydrogens (tertiary/aromatic N) is 4. The molecule has 3 rings (SSSR count). The summed E-state index contributed by atoms with van der Waals surface area (Å²) in [5.74, 6) is 0.848. The number of hydrogen-bond acceptors (Lipinski definition) is 4. The molecule has 0 radical (unpaired) electrons. The summed E-state index contributed by atoms with van der Waals surface area (Å²) in [5.41, 5.74) is 1.22. The molecule has 0 aliphatic carbocycles. The van der Waals surface area contributed by atoms with Gasteiger partial charge in [-0.15, -0.1) is 5.10 Å². The van der Waals surface area contributed by atoms with Gasteiger partial charge in [0.25, 0.3) is 0 Å². The maximum atomic E-state index is 4.10. The van der Waals surface area contributed by atoms with Crippen molar-refractivity contribution in [3.05, 3.63) is 53.9 Å². The summed E-state index contributed by atoms with van der Waals surface area (Å²) < 4.78 is 1.85. The predicted molar refractivity (Wildman–Crippen MR) is 78.3 cm³/mol. The third kappa shape index (κ3) is 2.28. The van der Waals surface area contributed by atoms with E-state index in [9.17, 15) is 0 Å². The second-order valence-corrected chi connectivity index (χ2v) is 4.84. The van der Waals surface area contributed by atoms with Gasteiger partial charge in [0.2, 0.25) is 0 Å². The third-order valence-electron chi connectivity index (χ3n) is 3.58. The number of hydrogen-bond donors (Lipinski definition) is 1. The van der Waals surface area contributed by atoms with Gasteiger partial charge in [-0.25, -0.2) is 4.68 Å². The number of rotatable bonds is 4. The van der Waals surface area contributed by atoms with Crippen LogP contribution >= 0.6 is 0 Å². The van der Waals surface area contributed by atoms with E-state index in [0.717, 1.165) is 5.82 Å². The Bertz CT molecular complexity index is 714. The summed E-state index contributed by atoms with van der Waals surface area (Å²) in [6.45, 7) is 2.72. The smallest absolute Gasteiger partial charge is 0.168 e. The lowest BCUT2D eigenvalue weighted by Crippen LogP contribution is -2.19. The molecule has 5 heteroatoms. The summed E-state index contributed by atoms with van der Waals surface area (Å²) in [6.07, 6.45) is 0. The summed E-state index contributed by atoms with van der Waals surface area (Å²) in [6, 6.07) is 14.8. The maximum Gasteiger partial charge on any atom is 0.168 e. The highest BCUT2D eigenvalue weighted by Gasteiger charge is 2.13. The van der Waals surface area contributed by atoms with Crippen LogP contribution in [0.15, 0.2) is 42.5 Å². The van der Waals surface area contributed by atoms with E-state index < -0.39 is 0 Å². The van der Waals surface area contributed by atoms with Crippen LogP contribution in [0.5, 0.6) is 0 Å². The minimum atomic E-state index is 0.125. The summed E-state index contributed by atoms with van der Waals surface area (Å²) in [5, 5.41) is 17.6. The molecule has 1 unspecified atom stereocenters. The zero-order chi connectivity index (χ0) is 13.9. The van der Waals surface area contributed by atoms with Crippen molar-refractivity contribution in [2.75, 3.05) is 7.05 Å². The fourth-order valence-corrected chi connectivity index (χ4v) is 2.36. The molecule has 5 nitrogen and oxygen atoms in total. The van der Waals surface area contributed by atoms with Crippen LogP contribution in [-0.4, -0.2) is 27.3 Å². The fraction of sp³-hybridized carbons (Fsp3) is 0.267. The molecule has 3 aromatic rings. The Hall–Kier alpha value is -2.27. The van der Waals surface area contributed by atoms with E-state index in [1.165, 1.54) is 16.3 Å². The Morgan fingerprint density at radius 1 is 1.15 bits per heavy atom. The molecule has 0 aliphatic heterocycles. The van der Waals surface area contributed by atoms with Gasteiger partial charge in [0, 0.05) is 0 Å². The molecule has 1 heterocycles. The average molecular weight is 267 g/mol. The zero-order valence-electron chi connectivity index (χ0n) is 11.6. The molecule has 20 heavy (non-hydrogen) atoms. The molecular weight excluding hydrogens is 250 g/mol. The molecule has 0 spiro atoms. The molecule has 1 aromatic heterocycles. The van der Waals surface area contributed by atoms with Crippen LogP contribution < -0.4 is 5.32 Å². The van der Waals surface area contributed by atoms with E-state index in [4.69, 9.17) is 0 Å². The summed E-state index contributed by atoms with van der Waals surface area (Å²) >= 11 is 0. The minimum absolute atomic E-state index is 0.125. The van der Waals surface area contributed by atoms with Crippen LogP contribution in [0.1, 0.15) is 24.4 Å². The number of fused-ring (bicyclic) bond motifs is 1. The van der Waals surface area contributed by atoms with Gasteiger partial charge in [-0.3, -0.25) is 0 Å². The topological polar surface area (TPSA) is 55.6 Å². The minimum Gasteiger partial charge on any atom is -0.311 e. The third-order valence-corrected chi connectivity index (χ3v) is 3.58. The van der Waals surface area contributed by atoms with E-state index in [2.05, 4.69) is 63.3 Å². The van der Waals surface area contributed by atoms with Crippen molar-refractivity contribution in [3.8, 4) is 0 Å². The van der Waals surface area contributed by atoms with Gasteiger partial charge < -0.3 is 5.32 Å². The van der Waals surface area contributed by atoms with E-state index in [1.807, 2.05) is 18.7 Å². The Balaban J connectivity index is 2.00. The Morgan fingerprint density at radius 3 is 2.80 bits per heavy atom. The van der Waals surface area contributed by atoms with Crippen LogP contribution in [0, 0.1) is 0 Å². The molecule has 0 fully saturated rings. The Morgan fingerprint density at radius 2 is 1.95 bits per heavy atom. The highest BCUT2D eigenvalue weighted by Crippen LogP contribution is 2.20. The van der Waals surface area contributed by atoms with Crippen molar-refractivity contribution in [3.63, 3.8) is 0 Å². The Kier molecular flexibility index (Phi) is 3.43. The standard InChI is InChI=1S/C15H17N5/c1-11(16-2)15-17-18-19-20(15)10-13-8-5-7-12-6-3-4-9-14(12)13/h3-9,11,16H,10H2,1-2H3. The number of aromatic nitrogens is 4. The highest BCUT2D eigenvalue weighted by molar-refractivity contribution is 5.85. The van der Waals surface area contributed by atoms with Gasteiger partial charge in [-0.05, 0) is 40.7 Å². The molecule has 0 saturated heterocycles. The van der Waals surface area contributed by atoms with Crippen LogP contribution in [0.25, 0.3) is 10.8 Å². The fourth-order valence-electron chi connectivity index (χ4n) is 2.36. The lowest BCUT2D eigenvalue weighted by molar-refractivity contribution is 0.541. The molecule has 102 valence electrons. The first-order valence-electron chi connectivity index (χ1n) is 6.69. The van der Waals surface area contributed by atoms with E-state index in [-0.39, 0.29) is 6.04 Å². The van der Waals surface area contributed by atoms with E-state index >= 15 is 0 Å². The first-order chi connectivity index (χ1) is 9.79. The average Bonchev–Trinajstić information content (AvgIpc) is 2.95. The lowest BCUT2D eigenvalue weighted by Gasteiger charge is -2.11. The van der Waals surface area contributed by atoms with Crippen LogP contribution in [0.4, 0.5) is 0 Å². The molecule has 1 N–H and O–H groups in total. The monoisotopic (exact) mass is 267 g/mol. The van der Waals surface area contributed by atoms with Crippen molar-refractivity contribution in [2.24, 2.45) is 0 Å². The molecule has 1 atom stereocenters. The second kappa shape index (κ2) is 5.38. The number of benzene rings is 2. The molecule has 0 bridgehead atoms. The van der Waals surface area contributed by atoms with Gasteiger partial charge >= 0.3 is 0 Å². The molecule has 2 aromatic carbocycles. The van der Waals surface area contributed by atoms with Crippen molar-refractivity contribution in [1.82, 2.24) is 25.5 Å². The van der Waals surface area contributed by atoms with Gasteiger partial charge in [-0.2, -0.15) is 0 Å². The largest absolute Gasteiger partial charge is 0.311 e. The van der Waals surface area contributed by atoms with Gasteiger partial charge in [0.15, 0.2) is 5.82 Å². The number of nitrogens with one attached hydrogen (secondary N) is 1. The zero-order valence-corrected chi connectivity index (χ0v) is 11.6. The molecular formula is C15H17N5. The second-order valence-electron chi connectivity index (χ2n) is 4.84. The van der Waals surface area contributed by atoms with Gasteiger partial charge in [0.05, 0.1) is 12.6 Å². The lowest BCUT2D eigenvalue weighted by atomic mass is 10.0. The van der Waals surface area contributed by atoms with Crippen molar-refractivity contribution in [2.45, 2.75) is 19.5 Å². The van der Waals surface area contributed by atoms with Crippen molar-refractivity contribution < 1.29 is 0 Å². The van der Waals surface area contributed by atoms with Crippen molar-refractivity contribution in [1.29, 1.82) is 0 Å². The van der Waals surface area contributed by atoms with Crippen LogP contribution in [0.3, 0.4) is 0 Å². The number of tetrazole rings is 1. The quantitative estimate of drug-likeness (QED) is 0.787. The molecule has 0 amide bonds. The van der Waals surface area contributed by atoms with E-state index in [0.29, 0.717) is 6.54 Å². The first-order valence-corrected chi connectivity index (χ1v) is 6.69. The maximum absolute atomic E-state index is 4.10. The predicted octanol–water partition coefficient (Wildman–Crippen LogP) is 2.15.